The predicted molar refractivity (Wildman–Crippen MR) is 77.3 cm³/mol. The van der Waals surface area contributed by atoms with Gasteiger partial charge in [-0.3, -0.25) is 4.90 Å². The largest absolute Gasteiger partial charge is 0.388 e. The molecule has 1 fully saturated rings. The topological polar surface area (TPSA) is 32.7 Å². The minimum atomic E-state index is -0.580. The zero-order chi connectivity index (χ0) is 13.9. The Morgan fingerprint density at radius 1 is 1.21 bits per heavy atom. The first-order valence-corrected chi connectivity index (χ1v) is 7.04. The lowest BCUT2D eigenvalue weighted by Gasteiger charge is -2.35. The normalized spacial score (nSPS) is 18.8. The molecule has 1 aliphatic heterocycles. The summed E-state index contributed by atoms with van der Waals surface area (Å²) in [7, 11) is 2.08. The molecule has 1 aromatic carbocycles. The molecule has 1 saturated heterocycles. The summed E-state index contributed by atoms with van der Waals surface area (Å²) in [5, 5.41) is 10.5. The lowest BCUT2D eigenvalue weighted by molar-refractivity contribution is -0.0777. The van der Waals surface area contributed by atoms with Gasteiger partial charge in [0.1, 0.15) is 0 Å². The molecular formula is C16H25NO2. The van der Waals surface area contributed by atoms with E-state index in [9.17, 15) is 5.11 Å². The number of likely N-dealkylation sites (N-methyl/N-ethyl adjacent to an activating group) is 1. The highest BCUT2D eigenvalue weighted by Crippen LogP contribution is 2.23. The molecule has 0 saturated carbocycles. The van der Waals surface area contributed by atoms with Gasteiger partial charge in [0.05, 0.1) is 5.60 Å². The van der Waals surface area contributed by atoms with E-state index in [2.05, 4.69) is 44.0 Å². The van der Waals surface area contributed by atoms with Crippen LogP contribution in [-0.4, -0.2) is 42.4 Å². The number of benzene rings is 1. The first-order chi connectivity index (χ1) is 9.00. The van der Waals surface area contributed by atoms with Gasteiger partial charge in [0.2, 0.25) is 0 Å². The molecule has 3 nitrogen and oxygen atoms in total. The molecule has 0 amide bonds. The van der Waals surface area contributed by atoms with E-state index in [1.807, 2.05) is 0 Å². The van der Waals surface area contributed by atoms with Crippen molar-refractivity contribution in [2.45, 2.75) is 38.8 Å². The number of hydrogen-bond donors (Lipinski definition) is 1. The third-order valence-corrected chi connectivity index (χ3v) is 4.06. The SMILES string of the molecule is Cc1cccc(C)c1CN(C)CC1(O)CCOCC1. The maximum absolute atomic E-state index is 10.5. The first kappa shape index (κ1) is 14.5. The first-order valence-electron chi connectivity index (χ1n) is 7.04. The fourth-order valence-electron chi connectivity index (χ4n) is 2.84. The zero-order valence-electron chi connectivity index (χ0n) is 12.3. The minimum absolute atomic E-state index is 0.580. The minimum Gasteiger partial charge on any atom is -0.388 e. The van der Waals surface area contributed by atoms with Gasteiger partial charge in [0.25, 0.3) is 0 Å². The highest BCUT2D eigenvalue weighted by Gasteiger charge is 2.31. The van der Waals surface area contributed by atoms with Crippen LogP contribution in [0.2, 0.25) is 0 Å². The summed E-state index contributed by atoms with van der Waals surface area (Å²) >= 11 is 0. The summed E-state index contributed by atoms with van der Waals surface area (Å²) in [6.07, 6.45) is 1.48. The van der Waals surface area contributed by atoms with Crippen LogP contribution < -0.4 is 0 Å². The van der Waals surface area contributed by atoms with Crippen LogP contribution in [0, 0.1) is 13.8 Å². The van der Waals surface area contributed by atoms with Crippen molar-refractivity contribution in [3.05, 3.63) is 34.9 Å². The molecule has 1 aliphatic rings. The maximum Gasteiger partial charge on any atom is 0.0817 e. The molecule has 0 atom stereocenters. The van der Waals surface area contributed by atoms with E-state index in [1.54, 1.807) is 0 Å². The summed E-state index contributed by atoms with van der Waals surface area (Å²) in [4.78, 5) is 2.22. The van der Waals surface area contributed by atoms with Crippen LogP contribution in [0.4, 0.5) is 0 Å². The van der Waals surface area contributed by atoms with E-state index in [1.165, 1.54) is 16.7 Å². The third kappa shape index (κ3) is 3.78. The highest BCUT2D eigenvalue weighted by atomic mass is 16.5. The van der Waals surface area contributed by atoms with Gasteiger partial charge in [-0.2, -0.15) is 0 Å². The van der Waals surface area contributed by atoms with Crippen LogP contribution >= 0.6 is 0 Å². The van der Waals surface area contributed by atoms with Crippen LogP contribution in [0.25, 0.3) is 0 Å². The fourth-order valence-corrected chi connectivity index (χ4v) is 2.84. The van der Waals surface area contributed by atoms with Crippen LogP contribution in [0.1, 0.15) is 29.5 Å². The summed E-state index contributed by atoms with van der Waals surface area (Å²) in [6, 6.07) is 6.40. The van der Waals surface area contributed by atoms with Gasteiger partial charge >= 0.3 is 0 Å². The molecule has 1 aromatic rings. The number of ether oxygens (including phenoxy) is 1. The summed E-state index contributed by atoms with van der Waals surface area (Å²) < 4.78 is 5.32. The molecule has 1 N–H and O–H groups in total. The van der Waals surface area contributed by atoms with Crippen LogP contribution in [0.15, 0.2) is 18.2 Å². The van der Waals surface area contributed by atoms with E-state index < -0.39 is 5.60 Å². The van der Waals surface area contributed by atoms with Crippen molar-refractivity contribution in [1.29, 1.82) is 0 Å². The van der Waals surface area contributed by atoms with Gasteiger partial charge in [0.15, 0.2) is 0 Å². The van der Waals surface area contributed by atoms with Crippen molar-refractivity contribution in [2.24, 2.45) is 0 Å². The molecule has 0 unspecified atom stereocenters. The molecule has 3 heteroatoms. The zero-order valence-corrected chi connectivity index (χ0v) is 12.3. The van der Waals surface area contributed by atoms with E-state index in [0.29, 0.717) is 19.8 Å². The molecule has 0 radical (unpaired) electrons. The quantitative estimate of drug-likeness (QED) is 0.904. The van der Waals surface area contributed by atoms with Gasteiger partial charge in [-0.15, -0.1) is 0 Å². The average Bonchev–Trinajstić information content (AvgIpc) is 2.34. The summed E-state index contributed by atoms with van der Waals surface area (Å²) in [6.45, 7) is 7.26. The Balaban J connectivity index is 1.99. The lowest BCUT2D eigenvalue weighted by Crippen LogP contribution is -2.45. The van der Waals surface area contributed by atoms with Gasteiger partial charge in [0, 0.05) is 39.1 Å². The molecule has 0 aromatic heterocycles. The molecule has 0 bridgehead atoms. The summed E-state index contributed by atoms with van der Waals surface area (Å²) in [5.41, 5.74) is 3.45. The summed E-state index contributed by atoms with van der Waals surface area (Å²) in [5.74, 6) is 0. The molecule has 1 heterocycles. The Kier molecular flexibility index (Phi) is 4.61. The second kappa shape index (κ2) is 6.04. The van der Waals surface area contributed by atoms with Crippen molar-refractivity contribution >= 4 is 0 Å². The molecule has 0 spiro atoms. The molecule has 106 valence electrons. The maximum atomic E-state index is 10.5. The second-order valence-corrected chi connectivity index (χ2v) is 5.88. The standard InChI is InChI=1S/C16H25NO2/c1-13-5-4-6-14(2)15(13)11-17(3)12-16(18)7-9-19-10-8-16/h4-6,18H,7-12H2,1-3H3. The Morgan fingerprint density at radius 2 is 1.79 bits per heavy atom. The van der Waals surface area contributed by atoms with Crippen molar-refractivity contribution in [2.75, 3.05) is 26.8 Å². The van der Waals surface area contributed by atoms with E-state index >= 15 is 0 Å². The van der Waals surface area contributed by atoms with Crippen molar-refractivity contribution in [3.8, 4) is 0 Å². The Bertz CT molecular complexity index is 405. The fraction of sp³-hybridized carbons (Fsp3) is 0.625. The van der Waals surface area contributed by atoms with Gasteiger partial charge in [-0.25, -0.2) is 0 Å². The predicted octanol–water partition coefficient (Wildman–Crippen LogP) is 2.28. The Labute approximate surface area is 116 Å². The molecular weight excluding hydrogens is 238 g/mol. The Hall–Kier alpha value is -0.900. The second-order valence-electron chi connectivity index (χ2n) is 5.88. The number of nitrogens with zero attached hydrogens (tertiary/aromatic N) is 1. The van der Waals surface area contributed by atoms with Gasteiger partial charge in [-0.1, -0.05) is 18.2 Å². The third-order valence-electron chi connectivity index (χ3n) is 4.06. The van der Waals surface area contributed by atoms with Crippen LogP contribution in [0.3, 0.4) is 0 Å². The monoisotopic (exact) mass is 263 g/mol. The van der Waals surface area contributed by atoms with Crippen molar-refractivity contribution in [1.82, 2.24) is 4.90 Å². The van der Waals surface area contributed by atoms with Crippen molar-refractivity contribution < 1.29 is 9.84 Å². The number of aryl methyl sites for hydroxylation is 2. The Morgan fingerprint density at radius 3 is 2.37 bits per heavy atom. The number of hydrogen-bond acceptors (Lipinski definition) is 3. The van der Waals surface area contributed by atoms with Crippen LogP contribution in [0.5, 0.6) is 0 Å². The number of rotatable bonds is 4. The van der Waals surface area contributed by atoms with Crippen molar-refractivity contribution in [3.63, 3.8) is 0 Å². The van der Waals surface area contributed by atoms with E-state index in [-0.39, 0.29) is 0 Å². The van der Waals surface area contributed by atoms with Gasteiger partial charge < -0.3 is 9.84 Å². The molecule has 0 aliphatic carbocycles. The van der Waals surface area contributed by atoms with Crippen LogP contribution in [-0.2, 0) is 11.3 Å². The average molecular weight is 263 g/mol. The van der Waals surface area contributed by atoms with E-state index in [0.717, 1.165) is 19.4 Å². The number of aliphatic hydroxyl groups is 1. The molecule has 19 heavy (non-hydrogen) atoms. The lowest BCUT2D eigenvalue weighted by atomic mass is 9.93. The molecule has 2 rings (SSSR count). The smallest absolute Gasteiger partial charge is 0.0817 e. The van der Waals surface area contributed by atoms with Gasteiger partial charge in [-0.05, 0) is 37.6 Å². The highest BCUT2D eigenvalue weighted by molar-refractivity contribution is 5.33. The van der Waals surface area contributed by atoms with E-state index in [4.69, 9.17) is 4.74 Å².